The predicted octanol–water partition coefficient (Wildman–Crippen LogP) is 4.66. The van der Waals surface area contributed by atoms with Crippen molar-refractivity contribution >= 4 is 35.3 Å². The maximum absolute atomic E-state index is 12.9. The molecule has 3 aromatic rings. The van der Waals surface area contributed by atoms with Gasteiger partial charge in [-0.25, -0.2) is 0 Å². The van der Waals surface area contributed by atoms with Crippen molar-refractivity contribution in [3.05, 3.63) is 78.0 Å². The van der Waals surface area contributed by atoms with E-state index in [1.807, 2.05) is 59.6 Å². The number of aromatic amines is 1. The number of para-hydroxylation sites is 1. The molecule has 1 atom stereocenters. The average Bonchev–Trinajstić information content (AvgIpc) is 3.13. The molecule has 0 aliphatic heterocycles. The summed E-state index contributed by atoms with van der Waals surface area (Å²) in [7, 11) is 0. The fourth-order valence-corrected chi connectivity index (χ4v) is 3.19. The number of aromatic nitrogens is 1. The van der Waals surface area contributed by atoms with Crippen LogP contribution in [0.15, 0.2) is 66.9 Å². The van der Waals surface area contributed by atoms with Gasteiger partial charge in [-0.3, -0.25) is 4.79 Å². The third-order valence-corrected chi connectivity index (χ3v) is 5.14. The van der Waals surface area contributed by atoms with Gasteiger partial charge in [-0.15, -0.1) is 12.4 Å². The third kappa shape index (κ3) is 6.21. The zero-order chi connectivity index (χ0) is 19.9. The van der Waals surface area contributed by atoms with Crippen LogP contribution in [0.4, 0.5) is 0 Å². The average molecular weight is 412 g/mol. The van der Waals surface area contributed by atoms with Gasteiger partial charge >= 0.3 is 0 Å². The second-order valence-corrected chi connectivity index (χ2v) is 7.55. The molecule has 0 bridgehead atoms. The Bertz CT molecular complexity index is 933. The minimum Gasteiger partial charge on any atom is -0.361 e. The van der Waals surface area contributed by atoms with E-state index in [4.69, 9.17) is 5.73 Å². The highest BCUT2D eigenvalue weighted by atomic mass is 35.5. The van der Waals surface area contributed by atoms with E-state index in [2.05, 4.69) is 31.0 Å². The highest BCUT2D eigenvalue weighted by molar-refractivity contribution is 5.92. The van der Waals surface area contributed by atoms with Gasteiger partial charge in [-0.2, -0.15) is 0 Å². The zero-order valence-corrected chi connectivity index (χ0v) is 17.9. The molecular formula is C24H30ClN3O. The zero-order valence-electron chi connectivity index (χ0n) is 17.0. The number of hydrogen-bond donors (Lipinski definition) is 2. The first-order valence-electron chi connectivity index (χ1n) is 9.87. The summed E-state index contributed by atoms with van der Waals surface area (Å²) in [4.78, 5) is 18.0. The smallest absolute Gasteiger partial charge is 0.246 e. The Labute approximate surface area is 179 Å². The van der Waals surface area contributed by atoms with Gasteiger partial charge in [0.25, 0.3) is 0 Å². The maximum atomic E-state index is 12.9. The van der Waals surface area contributed by atoms with Gasteiger partial charge in [0.1, 0.15) is 0 Å². The van der Waals surface area contributed by atoms with Crippen LogP contribution < -0.4 is 5.73 Å². The van der Waals surface area contributed by atoms with Crippen molar-refractivity contribution < 1.29 is 4.79 Å². The fourth-order valence-electron chi connectivity index (χ4n) is 3.19. The standard InChI is InChI=1S/C24H29N3O.ClH/c1-18(2)22(25)17-27(24(28)13-12-19-8-4-3-5-9-19)15-14-20-16-26-23-11-7-6-10-21(20)23;/h3-13,16,18,22,26H,14-15,17,25H2,1-2H3;1H/b13-12+;/t22-;/m1./s1. The molecule has 3 rings (SSSR count). The van der Waals surface area contributed by atoms with Crippen LogP contribution in [0.1, 0.15) is 25.0 Å². The summed E-state index contributed by atoms with van der Waals surface area (Å²) in [6.45, 7) is 5.37. The monoisotopic (exact) mass is 411 g/mol. The number of fused-ring (bicyclic) bond motifs is 1. The van der Waals surface area contributed by atoms with Crippen molar-refractivity contribution in [2.24, 2.45) is 11.7 Å². The lowest BCUT2D eigenvalue weighted by atomic mass is 10.0. The number of nitrogens with one attached hydrogen (secondary N) is 1. The number of amides is 1. The maximum Gasteiger partial charge on any atom is 0.246 e. The summed E-state index contributed by atoms with van der Waals surface area (Å²) in [5.74, 6) is 0.321. The molecule has 5 heteroatoms. The molecule has 0 radical (unpaired) electrons. The highest BCUT2D eigenvalue weighted by Gasteiger charge is 2.17. The molecule has 0 spiro atoms. The quantitative estimate of drug-likeness (QED) is 0.529. The van der Waals surface area contributed by atoms with E-state index in [1.54, 1.807) is 6.08 Å². The molecule has 2 aromatic carbocycles. The molecule has 3 N–H and O–H groups in total. The largest absolute Gasteiger partial charge is 0.361 e. The summed E-state index contributed by atoms with van der Waals surface area (Å²) in [6.07, 6.45) is 6.34. The van der Waals surface area contributed by atoms with Crippen LogP contribution >= 0.6 is 12.4 Å². The molecule has 0 unspecified atom stereocenters. The normalized spacial score (nSPS) is 12.3. The molecule has 0 aliphatic carbocycles. The van der Waals surface area contributed by atoms with E-state index >= 15 is 0 Å². The van der Waals surface area contributed by atoms with E-state index in [9.17, 15) is 4.79 Å². The Hall–Kier alpha value is -2.56. The minimum atomic E-state index is -0.0444. The second kappa shape index (κ2) is 10.8. The van der Waals surface area contributed by atoms with Crippen molar-refractivity contribution in [3.63, 3.8) is 0 Å². The summed E-state index contributed by atoms with van der Waals surface area (Å²) < 4.78 is 0. The number of rotatable bonds is 8. The lowest BCUT2D eigenvalue weighted by molar-refractivity contribution is -0.126. The first-order chi connectivity index (χ1) is 13.5. The topological polar surface area (TPSA) is 62.1 Å². The van der Waals surface area contributed by atoms with Crippen molar-refractivity contribution in [2.75, 3.05) is 13.1 Å². The van der Waals surface area contributed by atoms with Crippen molar-refractivity contribution in [1.82, 2.24) is 9.88 Å². The Balaban J connectivity index is 0.00000300. The third-order valence-electron chi connectivity index (χ3n) is 5.14. The van der Waals surface area contributed by atoms with Crippen LogP contribution in [-0.4, -0.2) is 34.9 Å². The number of carbonyl (C=O) groups excluding carboxylic acids is 1. The van der Waals surface area contributed by atoms with Crippen LogP contribution in [-0.2, 0) is 11.2 Å². The Morgan fingerprint density at radius 1 is 1.10 bits per heavy atom. The SMILES string of the molecule is CC(C)[C@H](N)CN(CCc1c[nH]c2ccccc12)C(=O)/C=C/c1ccccc1.Cl. The van der Waals surface area contributed by atoms with E-state index in [1.165, 1.54) is 10.9 Å². The molecule has 1 heterocycles. The van der Waals surface area contributed by atoms with Crippen LogP contribution in [0.5, 0.6) is 0 Å². The van der Waals surface area contributed by atoms with Crippen LogP contribution in [0.3, 0.4) is 0 Å². The summed E-state index contributed by atoms with van der Waals surface area (Å²) in [5, 5.41) is 1.21. The van der Waals surface area contributed by atoms with Gasteiger partial charge in [0.2, 0.25) is 5.91 Å². The number of hydrogen-bond acceptors (Lipinski definition) is 2. The summed E-state index contributed by atoms with van der Waals surface area (Å²) >= 11 is 0. The summed E-state index contributed by atoms with van der Waals surface area (Å²) in [5.41, 5.74) is 9.64. The van der Waals surface area contributed by atoms with Gasteiger partial charge in [-0.1, -0.05) is 62.4 Å². The Morgan fingerprint density at radius 3 is 2.52 bits per heavy atom. The van der Waals surface area contributed by atoms with Gasteiger partial charge in [0.15, 0.2) is 0 Å². The number of nitrogens with two attached hydrogens (primary N) is 1. The molecule has 0 fully saturated rings. The summed E-state index contributed by atoms with van der Waals surface area (Å²) in [6, 6.07) is 18.1. The molecule has 1 amide bonds. The number of halogens is 1. The molecule has 1 aromatic heterocycles. The van der Waals surface area contributed by atoms with Gasteiger partial charge in [0.05, 0.1) is 0 Å². The van der Waals surface area contributed by atoms with Crippen LogP contribution in [0.2, 0.25) is 0 Å². The Morgan fingerprint density at radius 2 is 1.79 bits per heavy atom. The van der Waals surface area contributed by atoms with E-state index in [0.29, 0.717) is 19.0 Å². The molecule has 154 valence electrons. The van der Waals surface area contributed by atoms with Crippen LogP contribution in [0.25, 0.3) is 17.0 Å². The molecule has 29 heavy (non-hydrogen) atoms. The molecule has 4 nitrogen and oxygen atoms in total. The van der Waals surface area contributed by atoms with Gasteiger partial charge in [-0.05, 0) is 35.6 Å². The lowest BCUT2D eigenvalue weighted by Gasteiger charge is -2.26. The van der Waals surface area contributed by atoms with E-state index in [0.717, 1.165) is 17.5 Å². The van der Waals surface area contributed by atoms with Crippen molar-refractivity contribution in [3.8, 4) is 0 Å². The minimum absolute atomic E-state index is 0. The number of nitrogens with zero attached hydrogens (tertiary/aromatic N) is 1. The highest BCUT2D eigenvalue weighted by Crippen LogP contribution is 2.18. The van der Waals surface area contributed by atoms with Gasteiger partial charge < -0.3 is 15.6 Å². The fraction of sp³-hybridized carbons (Fsp3) is 0.292. The van der Waals surface area contributed by atoms with Gasteiger partial charge in [0, 0.05) is 42.3 Å². The van der Waals surface area contributed by atoms with Crippen molar-refractivity contribution in [2.45, 2.75) is 26.3 Å². The van der Waals surface area contributed by atoms with Crippen LogP contribution in [0, 0.1) is 5.92 Å². The van der Waals surface area contributed by atoms with E-state index < -0.39 is 0 Å². The lowest BCUT2D eigenvalue weighted by Crippen LogP contribution is -2.43. The van der Waals surface area contributed by atoms with E-state index in [-0.39, 0.29) is 24.4 Å². The molecule has 0 aliphatic rings. The first kappa shape index (κ1) is 22.7. The Kier molecular flexibility index (Phi) is 8.50. The van der Waals surface area contributed by atoms with Crippen molar-refractivity contribution in [1.29, 1.82) is 0 Å². The molecule has 0 saturated carbocycles. The first-order valence-corrected chi connectivity index (χ1v) is 9.87. The molecule has 0 saturated heterocycles. The second-order valence-electron chi connectivity index (χ2n) is 7.55. The predicted molar refractivity (Wildman–Crippen MR) is 124 cm³/mol. The molecular weight excluding hydrogens is 382 g/mol. The number of benzene rings is 2. The number of carbonyl (C=O) groups is 1. The number of H-pyrrole nitrogens is 1.